The number of benzene rings is 1. The molecule has 1 N–H and O–H groups in total. The fourth-order valence-corrected chi connectivity index (χ4v) is 5.72. The Morgan fingerprint density at radius 2 is 2.00 bits per heavy atom. The Kier molecular flexibility index (Phi) is 4.15. The molecule has 1 aromatic carbocycles. The van der Waals surface area contributed by atoms with Crippen molar-refractivity contribution in [3.05, 3.63) is 70.8 Å². The van der Waals surface area contributed by atoms with Crippen LogP contribution in [0.1, 0.15) is 23.2 Å². The number of carbonyl (C=O) groups excluding carboxylic acids is 1. The second-order valence-electron chi connectivity index (χ2n) is 8.62. The van der Waals surface area contributed by atoms with Crippen molar-refractivity contribution in [2.24, 2.45) is 11.3 Å². The fraction of sp³-hybridized carbons (Fsp3) is 0.304. The number of nitrogens with one attached hydrogen (secondary N) is 1. The highest BCUT2D eigenvalue weighted by Gasteiger charge is 2.75. The number of anilines is 1. The Morgan fingerprint density at radius 3 is 2.77 bits per heavy atom. The van der Waals surface area contributed by atoms with Gasteiger partial charge in [-0.15, -0.1) is 0 Å². The van der Waals surface area contributed by atoms with E-state index in [4.69, 9.17) is 0 Å². The Hall–Kier alpha value is -2.87. The van der Waals surface area contributed by atoms with Crippen LogP contribution in [0.4, 0.5) is 10.2 Å². The fourth-order valence-electron chi connectivity index (χ4n) is 5.49. The average molecular weight is 480 g/mol. The summed E-state index contributed by atoms with van der Waals surface area (Å²) in [5.74, 6) is 1.21. The number of likely N-dealkylation sites (tertiary alicyclic amines) is 1. The van der Waals surface area contributed by atoms with Crippen molar-refractivity contribution in [2.45, 2.75) is 24.9 Å². The lowest BCUT2D eigenvalue weighted by atomic mass is 9.71. The van der Waals surface area contributed by atoms with Gasteiger partial charge in [0.05, 0.1) is 11.6 Å². The maximum Gasteiger partial charge on any atom is 0.254 e. The molecule has 3 aromatic rings. The van der Waals surface area contributed by atoms with E-state index < -0.39 is 5.82 Å². The van der Waals surface area contributed by atoms with Crippen molar-refractivity contribution in [2.75, 3.05) is 11.9 Å². The van der Waals surface area contributed by atoms with Gasteiger partial charge in [-0.2, -0.15) is 0 Å². The predicted molar refractivity (Wildman–Crippen MR) is 117 cm³/mol. The van der Waals surface area contributed by atoms with E-state index in [1.165, 1.54) is 18.6 Å². The summed E-state index contributed by atoms with van der Waals surface area (Å²) in [7, 11) is 0. The van der Waals surface area contributed by atoms with E-state index in [1.54, 1.807) is 30.7 Å². The molecule has 2 aromatic heterocycles. The maximum atomic E-state index is 14.0. The summed E-state index contributed by atoms with van der Waals surface area (Å²) in [5.41, 5.74) is 1.10. The van der Waals surface area contributed by atoms with Gasteiger partial charge in [-0.3, -0.25) is 4.79 Å². The first-order valence-corrected chi connectivity index (χ1v) is 11.1. The van der Waals surface area contributed by atoms with Gasteiger partial charge in [0.1, 0.15) is 11.6 Å². The normalized spacial score (nSPS) is 27.8. The molecule has 2 aliphatic carbocycles. The minimum absolute atomic E-state index is 0.0886. The molecule has 3 aliphatic rings. The second-order valence-corrected chi connectivity index (χ2v) is 9.53. The lowest BCUT2D eigenvalue weighted by Gasteiger charge is -2.48. The number of halogens is 2. The molecule has 3 fully saturated rings. The van der Waals surface area contributed by atoms with Crippen LogP contribution in [-0.4, -0.2) is 44.4 Å². The van der Waals surface area contributed by atoms with Crippen LogP contribution in [-0.2, 0) is 0 Å². The molecule has 1 spiro atoms. The van der Waals surface area contributed by atoms with Gasteiger partial charge in [-0.25, -0.2) is 19.3 Å². The summed E-state index contributed by atoms with van der Waals surface area (Å²) in [6.45, 7) is 0.738. The van der Waals surface area contributed by atoms with Crippen molar-refractivity contribution < 1.29 is 9.18 Å². The number of pyridine rings is 1. The van der Waals surface area contributed by atoms with E-state index >= 15 is 0 Å². The summed E-state index contributed by atoms with van der Waals surface area (Å²) in [5, 5.41) is 3.51. The van der Waals surface area contributed by atoms with Crippen LogP contribution in [0.3, 0.4) is 0 Å². The zero-order valence-electron chi connectivity index (χ0n) is 16.5. The Bertz CT molecular complexity index is 1170. The minimum atomic E-state index is -0.413. The van der Waals surface area contributed by atoms with Crippen LogP contribution in [0.25, 0.3) is 11.4 Å². The summed E-state index contributed by atoms with van der Waals surface area (Å²) >= 11 is 3.41. The number of rotatable bonds is 4. The molecule has 31 heavy (non-hydrogen) atoms. The maximum absolute atomic E-state index is 14.0. The molecule has 1 saturated heterocycles. The van der Waals surface area contributed by atoms with E-state index in [1.807, 2.05) is 17.0 Å². The quantitative estimate of drug-likeness (QED) is 0.608. The number of aromatic nitrogens is 3. The third-order valence-electron chi connectivity index (χ3n) is 6.94. The predicted octanol–water partition coefficient (Wildman–Crippen LogP) is 4.16. The summed E-state index contributed by atoms with van der Waals surface area (Å²) < 4.78 is 14.9. The number of hydrogen-bond acceptors (Lipinski definition) is 5. The van der Waals surface area contributed by atoms with Crippen molar-refractivity contribution in [1.29, 1.82) is 0 Å². The number of piperidine rings is 1. The van der Waals surface area contributed by atoms with Crippen LogP contribution in [0.15, 0.2) is 59.5 Å². The molecular formula is C23H19BrFN5O. The average Bonchev–Trinajstić information content (AvgIpc) is 3.43. The van der Waals surface area contributed by atoms with Crippen LogP contribution < -0.4 is 5.32 Å². The molecule has 0 radical (unpaired) electrons. The first kappa shape index (κ1) is 18.9. The monoisotopic (exact) mass is 479 g/mol. The molecule has 1 amide bonds. The van der Waals surface area contributed by atoms with Gasteiger partial charge in [-0.1, -0.05) is 0 Å². The third-order valence-corrected chi connectivity index (χ3v) is 7.41. The van der Waals surface area contributed by atoms with Crippen LogP contribution in [0.5, 0.6) is 0 Å². The number of amides is 1. The Labute approximate surface area is 187 Å². The standard InChI is InChI=1S/C23H19BrFN5O/c24-14-2-5-19(28-11-14)29-18-10-23-9-13(23)12-30(20(18)23)22(31)16-4-3-15(25)8-17(16)21-26-6-1-7-27-21/h1-8,11,13,18,20H,9-10,12H2,(H,28,29). The van der Waals surface area contributed by atoms with Crippen molar-refractivity contribution >= 4 is 27.7 Å². The lowest BCUT2D eigenvalue weighted by molar-refractivity contribution is 0.0472. The summed E-state index contributed by atoms with van der Waals surface area (Å²) in [6, 6.07) is 10.1. The Balaban J connectivity index is 1.30. The van der Waals surface area contributed by atoms with E-state index in [2.05, 4.69) is 36.2 Å². The molecular weight excluding hydrogens is 461 g/mol. The number of hydrogen-bond donors (Lipinski definition) is 1. The highest BCUT2D eigenvalue weighted by atomic mass is 79.9. The molecule has 4 unspecified atom stereocenters. The molecule has 1 aliphatic heterocycles. The van der Waals surface area contributed by atoms with Gasteiger partial charge in [-0.05, 0) is 76.5 Å². The van der Waals surface area contributed by atoms with Gasteiger partial charge in [0.2, 0.25) is 0 Å². The van der Waals surface area contributed by atoms with Gasteiger partial charge in [0, 0.05) is 41.2 Å². The molecule has 6 nitrogen and oxygen atoms in total. The van der Waals surface area contributed by atoms with Gasteiger partial charge in [0.25, 0.3) is 5.91 Å². The highest BCUT2D eigenvalue weighted by Crippen LogP contribution is 2.71. The van der Waals surface area contributed by atoms with Gasteiger partial charge < -0.3 is 10.2 Å². The molecule has 3 heterocycles. The molecule has 8 heteroatoms. The van der Waals surface area contributed by atoms with Crippen LogP contribution >= 0.6 is 15.9 Å². The number of nitrogens with zero attached hydrogens (tertiary/aromatic N) is 4. The Morgan fingerprint density at radius 1 is 1.16 bits per heavy atom. The summed E-state index contributed by atoms with van der Waals surface area (Å²) in [4.78, 5) is 28.5. The second kappa shape index (κ2) is 6.82. The van der Waals surface area contributed by atoms with E-state index in [0.717, 1.165) is 23.3 Å². The van der Waals surface area contributed by atoms with Crippen LogP contribution in [0, 0.1) is 17.2 Å². The topological polar surface area (TPSA) is 71.0 Å². The molecule has 0 bridgehead atoms. The minimum Gasteiger partial charge on any atom is -0.365 e. The van der Waals surface area contributed by atoms with E-state index in [-0.39, 0.29) is 23.4 Å². The zero-order valence-corrected chi connectivity index (χ0v) is 18.1. The van der Waals surface area contributed by atoms with Crippen molar-refractivity contribution in [1.82, 2.24) is 19.9 Å². The molecule has 4 atom stereocenters. The van der Waals surface area contributed by atoms with Crippen LogP contribution in [0.2, 0.25) is 0 Å². The first-order chi connectivity index (χ1) is 15.0. The van der Waals surface area contributed by atoms with Gasteiger partial charge >= 0.3 is 0 Å². The lowest BCUT2D eigenvalue weighted by Crippen LogP contribution is -2.60. The zero-order chi connectivity index (χ0) is 21.2. The largest absolute Gasteiger partial charge is 0.365 e. The van der Waals surface area contributed by atoms with Gasteiger partial charge in [0.15, 0.2) is 5.82 Å². The van der Waals surface area contributed by atoms with E-state index in [0.29, 0.717) is 22.9 Å². The first-order valence-electron chi connectivity index (χ1n) is 10.3. The van der Waals surface area contributed by atoms with E-state index in [9.17, 15) is 9.18 Å². The number of carbonyl (C=O) groups is 1. The van der Waals surface area contributed by atoms with Crippen molar-refractivity contribution in [3.63, 3.8) is 0 Å². The smallest absolute Gasteiger partial charge is 0.254 e. The third kappa shape index (κ3) is 2.96. The highest BCUT2D eigenvalue weighted by molar-refractivity contribution is 9.10. The summed E-state index contributed by atoms with van der Waals surface area (Å²) in [6.07, 6.45) is 7.17. The molecule has 6 rings (SSSR count). The molecule has 156 valence electrons. The van der Waals surface area contributed by atoms with Crippen molar-refractivity contribution in [3.8, 4) is 11.4 Å². The molecule has 2 saturated carbocycles. The SMILES string of the molecule is O=C(c1ccc(F)cc1-c1ncccn1)N1CC2CC23CC(Nc2ccc(Br)cn2)C13.